The van der Waals surface area contributed by atoms with Gasteiger partial charge in [-0.2, -0.15) is 0 Å². The molecule has 1 aromatic heterocycles. The van der Waals surface area contributed by atoms with Gasteiger partial charge in [-0.15, -0.1) is 0 Å². The van der Waals surface area contributed by atoms with Gasteiger partial charge in [0.25, 0.3) is 0 Å². The maximum absolute atomic E-state index is 13.0. The van der Waals surface area contributed by atoms with Gasteiger partial charge in [0, 0.05) is 11.6 Å². The lowest BCUT2D eigenvalue weighted by Gasteiger charge is -2.26. The van der Waals surface area contributed by atoms with Gasteiger partial charge in [-0.1, -0.05) is 85.8 Å². The van der Waals surface area contributed by atoms with E-state index in [4.69, 9.17) is 0 Å². The van der Waals surface area contributed by atoms with Crippen molar-refractivity contribution in [1.29, 1.82) is 0 Å². The van der Waals surface area contributed by atoms with Crippen LogP contribution in [0.25, 0.3) is 0 Å². The van der Waals surface area contributed by atoms with Gasteiger partial charge in [-0.25, -0.2) is 13.4 Å². The van der Waals surface area contributed by atoms with E-state index in [0.717, 1.165) is 12.0 Å². The molecule has 3 rings (SSSR count). The second-order valence-corrected chi connectivity index (χ2v) is 8.74. The zero-order valence-corrected chi connectivity index (χ0v) is 16.1. The van der Waals surface area contributed by atoms with Crippen LogP contribution in [-0.2, 0) is 21.7 Å². The minimum atomic E-state index is -3.52. The molecule has 1 atom stereocenters. The summed E-state index contributed by atoms with van der Waals surface area (Å²) in [4.78, 5) is 4.04. The number of benzene rings is 2. The number of sulfone groups is 1. The minimum Gasteiger partial charge on any atom is -0.245 e. The van der Waals surface area contributed by atoms with Gasteiger partial charge < -0.3 is 0 Å². The van der Waals surface area contributed by atoms with E-state index in [1.54, 1.807) is 18.2 Å². The van der Waals surface area contributed by atoms with Gasteiger partial charge >= 0.3 is 0 Å². The molecule has 138 valence electrons. The summed E-state index contributed by atoms with van der Waals surface area (Å²) in [5.74, 6) is -0.0354. The Bertz CT molecular complexity index is 984. The SMILES string of the molecule is C[C@](/C=C/Cc1ccccc1)(CS(=O)(=O)c1ccccn1)c1ccccc1. The second kappa shape index (κ2) is 8.31. The Morgan fingerprint density at radius 1 is 0.889 bits per heavy atom. The van der Waals surface area contributed by atoms with Crippen LogP contribution in [0, 0.1) is 0 Å². The standard InChI is InChI=1S/C23H23NO2S/c1-23(21-14-6-3-7-15-21,17-10-13-20-11-4-2-5-12-20)19-27(25,26)22-16-8-9-18-24-22/h2-12,14-18H,13,19H2,1H3/b17-10+/t23-/m0/s1. The fraction of sp³-hybridized carbons (Fsp3) is 0.174. The number of aromatic nitrogens is 1. The summed E-state index contributed by atoms with van der Waals surface area (Å²) < 4.78 is 25.9. The maximum Gasteiger partial charge on any atom is 0.196 e. The van der Waals surface area contributed by atoms with Gasteiger partial charge in [0.2, 0.25) is 0 Å². The average molecular weight is 378 g/mol. The van der Waals surface area contributed by atoms with Crippen molar-refractivity contribution in [3.05, 3.63) is 108 Å². The van der Waals surface area contributed by atoms with E-state index in [2.05, 4.69) is 23.2 Å². The van der Waals surface area contributed by atoms with Gasteiger partial charge in [0.05, 0.1) is 5.75 Å². The first-order chi connectivity index (χ1) is 13.0. The lowest BCUT2D eigenvalue weighted by atomic mass is 9.84. The molecule has 0 unspecified atom stereocenters. The molecule has 0 spiro atoms. The van der Waals surface area contributed by atoms with E-state index in [9.17, 15) is 8.42 Å². The molecule has 0 N–H and O–H groups in total. The number of nitrogens with zero attached hydrogens (tertiary/aromatic N) is 1. The van der Waals surface area contributed by atoms with E-state index >= 15 is 0 Å². The second-order valence-electron chi connectivity index (χ2n) is 6.80. The zero-order chi connectivity index (χ0) is 19.2. The van der Waals surface area contributed by atoms with Crippen LogP contribution in [0.2, 0.25) is 0 Å². The Morgan fingerprint density at radius 3 is 2.15 bits per heavy atom. The first-order valence-electron chi connectivity index (χ1n) is 8.91. The Balaban J connectivity index is 1.91. The summed E-state index contributed by atoms with van der Waals surface area (Å²) in [5, 5.41) is 0.114. The van der Waals surface area contributed by atoms with Crippen LogP contribution >= 0.6 is 0 Å². The molecule has 2 aromatic carbocycles. The molecular weight excluding hydrogens is 354 g/mol. The molecule has 0 radical (unpaired) electrons. The Labute approximate surface area is 161 Å². The zero-order valence-electron chi connectivity index (χ0n) is 15.3. The van der Waals surface area contributed by atoms with E-state index in [-0.39, 0.29) is 10.8 Å². The largest absolute Gasteiger partial charge is 0.245 e. The van der Waals surface area contributed by atoms with Crippen molar-refractivity contribution in [2.75, 3.05) is 5.75 Å². The quantitative estimate of drug-likeness (QED) is 0.565. The third kappa shape index (κ3) is 4.92. The molecule has 4 heteroatoms. The Hall–Kier alpha value is -2.72. The molecule has 3 nitrogen and oxygen atoms in total. The summed E-state index contributed by atoms with van der Waals surface area (Å²) in [5.41, 5.74) is 1.51. The van der Waals surface area contributed by atoms with Crippen molar-refractivity contribution < 1.29 is 8.42 Å². The highest BCUT2D eigenvalue weighted by atomic mass is 32.2. The predicted octanol–water partition coefficient (Wildman–Crippen LogP) is 4.61. The van der Waals surface area contributed by atoms with Crippen LogP contribution in [0.1, 0.15) is 18.1 Å². The number of hydrogen-bond donors (Lipinski definition) is 0. The highest BCUT2D eigenvalue weighted by Crippen LogP contribution is 2.29. The molecule has 0 saturated carbocycles. The van der Waals surface area contributed by atoms with Crippen molar-refractivity contribution in [3.8, 4) is 0 Å². The van der Waals surface area contributed by atoms with Gasteiger partial charge in [-0.3, -0.25) is 0 Å². The monoisotopic (exact) mass is 377 g/mol. The number of pyridine rings is 1. The number of allylic oxidation sites excluding steroid dienone is 2. The van der Waals surface area contributed by atoms with Crippen LogP contribution in [0.15, 0.2) is 102 Å². The summed E-state index contributed by atoms with van der Waals surface area (Å²) in [7, 11) is -3.52. The predicted molar refractivity (Wildman–Crippen MR) is 109 cm³/mol. The molecule has 3 aromatic rings. The lowest BCUT2D eigenvalue weighted by Crippen LogP contribution is -2.30. The topological polar surface area (TPSA) is 47.0 Å². The third-order valence-electron chi connectivity index (χ3n) is 4.56. The number of rotatable bonds is 7. The molecule has 0 aliphatic rings. The highest BCUT2D eigenvalue weighted by Gasteiger charge is 2.31. The summed E-state index contributed by atoms with van der Waals surface area (Å²) in [6.07, 6.45) is 6.33. The van der Waals surface area contributed by atoms with Gasteiger partial charge in [0.1, 0.15) is 0 Å². The lowest BCUT2D eigenvalue weighted by molar-refractivity contribution is 0.569. The molecule has 0 bridgehead atoms. The van der Waals surface area contributed by atoms with Crippen molar-refractivity contribution in [2.45, 2.75) is 23.8 Å². The molecule has 0 aliphatic carbocycles. The van der Waals surface area contributed by atoms with Gasteiger partial charge in [0.15, 0.2) is 14.9 Å². The van der Waals surface area contributed by atoms with E-state index < -0.39 is 15.3 Å². The maximum atomic E-state index is 13.0. The van der Waals surface area contributed by atoms with Crippen molar-refractivity contribution in [1.82, 2.24) is 4.98 Å². The molecule has 0 aliphatic heterocycles. The average Bonchev–Trinajstić information content (AvgIpc) is 2.70. The normalized spacial score (nSPS) is 14.1. The highest BCUT2D eigenvalue weighted by molar-refractivity contribution is 7.91. The van der Waals surface area contributed by atoms with Crippen molar-refractivity contribution in [3.63, 3.8) is 0 Å². The van der Waals surface area contributed by atoms with Crippen LogP contribution in [0.4, 0.5) is 0 Å². The van der Waals surface area contributed by atoms with Gasteiger partial charge in [-0.05, 0) is 29.7 Å². The van der Waals surface area contributed by atoms with E-state index in [1.807, 2.05) is 61.5 Å². The summed E-state index contributed by atoms with van der Waals surface area (Å²) in [6.45, 7) is 1.96. The smallest absolute Gasteiger partial charge is 0.196 e. The first-order valence-corrected chi connectivity index (χ1v) is 10.6. The molecular formula is C23H23NO2S. The van der Waals surface area contributed by atoms with E-state index in [1.165, 1.54) is 11.8 Å². The Kier molecular flexibility index (Phi) is 5.87. The summed E-state index contributed by atoms with van der Waals surface area (Å²) >= 11 is 0. The third-order valence-corrected chi connectivity index (χ3v) is 6.42. The molecule has 1 heterocycles. The van der Waals surface area contributed by atoms with Crippen LogP contribution in [0.3, 0.4) is 0 Å². The summed E-state index contributed by atoms with van der Waals surface area (Å²) in [6, 6.07) is 24.8. The van der Waals surface area contributed by atoms with Crippen molar-refractivity contribution >= 4 is 9.84 Å². The number of hydrogen-bond acceptors (Lipinski definition) is 3. The molecule has 0 saturated heterocycles. The Morgan fingerprint density at radius 2 is 1.52 bits per heavy atom. The molecule has 0 fully saturated rings. The molecule has 0 amide bonds. The molecule has 27 heavy (non-hydrogen) atoms. The fourth-order valence-corrected chi connectivity index (χ4v) is 4.82. The fourth-order valence-electron chi connectivity index (χ4n) is 3.12. The van der Waals surface area contributed by atoms with Crippen LogP contribution in [0.5, 0.6) is 0 Å². The van der Waals surface area contributed by atoms with E-state index in [0.29, 0.717) is 0 Å². The van der Waals surface area contributed by atoms with Crippen molar-refractivity contribution in [2.24, 2.45) is 0 Å². The first kappa shape index (κ1) is 19.1. The van der Waals surface area contributed by atoms with Crippen LogP contribution < -0.4 is 0 Å². The van der Waals surface area contributed by atoms with Crippen LogP contribution in [-0.4, -0.2) is 19.2 Å². The minimum absolute atomic E-state index is 0.0354.